The maximum atomic E-state index is 13.0. The minimum absolute atomic E-state index is 0.0666. The van der Waals surface area contributed by atoms with E-state index in [0.717, 1.165) is 29.5 Å². The van der Waals surface area contributed by atoms with E-state index in [1.165, 1.54) is 0 Å². The molecule has 1 N–H and O–H groups in total. The zero-order chi connectivity index (χ0) is 25.5. The molecular formula is C28H25N5O4. The minimum Gasteiger partial charge on any atom is -0.337 e. The van der Waals surface area contributed by atoms with Crippen molar-refractivity contribution in [3.05, 3.63) is 71.3 Å². The Morgan fingerprint density at radius 3 is 2.70 bits per heavy atom. The highest BCUT2D eigenvalue weighted by Gasteiger charge is 2.39. The SMILES string of the molecule is O=C1CCC(N2Cc3c(C#CC4CCN(C(=O)c5cc6cccn6cn5)CC4)cccc3C2=O)C(=O)N1. The van der Waals surface area contributed by atoms with Crippen LogP contribution < -0.4 is 5.32 Å². The Kier molecular flexibility index (Phi) is 5.72. The van der Waals surface area contributed by atoms with Crippen LogP contribution in [0.4, 0.5) is 0 Å². The average molecular weight is 496 g/mol. The smallest absolute Gasteiger partial charge is 0.272 e. The second kappa shape index (κ2) is 9.21. The summed E-state index contributed by atoms with van der Waals surface area (Å²) in [5.74, 6) is 5.77. The van der Waals surface area contributed by atoms with Gasteiger partial charge >= 0.3 is 0 Å². The number of aromatic nitrogens is 2. The first-order valence-corrected chi connectivity index (χ1v) is 12.5. The van der Waals surface area contributed by atoms with Gasteiger partial charge in [-0.2, -0.15) is 0 Å². The lowest BCUT2D eigenvalue weighted by Crippen LogP contribution is -2.52. The molecule has 3 aliphatic heterocycles. The first-order chi connectivity index (χ1) is 18.0. The van der Waals surface area contributed by atoms with Gasteiger partial charge in [-0.25, -0.2) is 4.98 Å². The molecule has 0 saturated carbocycles. The Balaban J connectivity index is 1.12. The molecule has 6 rings (SSSR count). The number of carbonyl (C=O) groups excluding carboxylic acids is 4. The summed E-state index contributed by atoms with van der Waals surface area (Å²) < 4.78 is 1.87. The number of fused-ring (bicyclic) bond motifs is 2. The van der Waals surface area contributed by atoms with Crippen LogP contribution in [-0.2, 0) is 16.1 Å². The quantitative estimate of drug-likeness (QED) is 0.433. The molecular weight excluding hydrogens is 470 g/mol. The third-order valence-electron chi connectivity index (χ3n) is 7.41. The molecule has 0 radical (unpaired) electrons. The molecule has 3 aliphatic rings. The van der Waals surface area contributed by atoms with E-state index >= 15 is 0 Å². The molecule has 1 atom stereocenters. The number of rotatable bonds is 2. The summed E-state index contributed by atoms with van der Waals surface area (Å²) in [5.41, 5.74) is 3.54. The van der Waals surface area contributed by atoms with Crippen molar-refractivity contribution in [1.82, 2.24) is 24.5 Å². The van der Waals surface area contributed by atoms with Crippen LogP contribution in [0.25, 0.3) is 5.52 Å². The third kappa shape index (κ3) is 4.25. The van der Waals surface area contributed by atoms with E-state index < -0.39 is 11.9 Å². The van der Waals surface area contributed by atoms with Gasteiger partial charge in [0, 0.05) is 54.8 Å². The summed E-state index contributed by atoms with van der Waals surface area (Å²) in [6.07, 6.45) is 5.64. The monoisotopic (exact) mass is 495 g/mol. The first-order valence-electron chi connectivity index (χ1n) is 12.5. The van der Waals surface area contributed by atoms with Gasteiger partial charge in [0.1, 0.15) is 11.7 Å². The predicted octanol–water partition coefficient (Wildman–Crippen LogP) is 2.00. The van der Waals surface area contributed by atoms with Gasteiger partial charge in [0.15, 0.2) is 0 Å². The number of nitrogens with one attached hydrogen (secondary N) is 1. The summed E-state index contributed by atoms with van der Waals surface area (Å²) in [4.78, 5) is 57.5. The highest BCUT2D eigenvalue weighted by Crippen LogP contribution is 2.29. The van der Waals surface area contributed by atoms with Crippen molar-refractivity contribution in [1.29, 1.82) is 0 Å². The average Bonchev–Trinajstić information content (AvgIpc) is 3.52. The number of amides is 4. The van der Waals surface area contributed by atoms with Crippen molar-refractivity contribution in [3.8, 4) is 11.8 Å². The Labute approximate surface area is 213 Å². The highest BCUT2D eigenvalue weighted by molar-refractivity contribution is 6.05. The van der Waals surface area contributed by atoms with Gasteiger partial charge in [0.25, 0.3) is 11.8 Å². The minimum atomic E-state index is -0.645. The van der Waals surface area contributed by atoms with Crippen molar-refractivity contribution >= 4 is 29.1 Å². The number of hydrogen-bond acceptors (Lipinski definition) is 5. The molecule has 0 aliphatic carbocycles. The highest BCUT2D eigenvalue weighted by atomic mass is 16.2. The molecule has 1 unspecified atom stereocenters. The van der Waals surface area contributed by atoms with Crippen molar-refractivity contribution in [2.24, 2.45) is 5.92 Å². The van der Waals surface area contributed by atoms with Crippen LogP contribution >= 0.6 is 0 Å². The Bertz CT molecular complexity index is 1510. The Hall–Kier alpha value is -4.45. The predicted molar refractivity (Wildman–Crippen MR) is 133 cm³/mol. The first kappa shape index (κ1) is 23.0. The number of benzene rings is 1. The molecule has 2 aromatic heterocycles. The number of likely N-dealkylation sites (tertiary alicyclic amines) is 1. The van der Waals surface area contributed by atoms with E-state index in [1.54, 1.807) is 17.3 Å². The molecule has 1 aromatic carbocycles. The molecule has 9 nitrogen and oxygen atoms in total. The molecule has 2 saturated heterocycles. The van der Waals surface area contributed by atoms with E-state index in [4.69, 9.17) is 0 Å². The van der Waals surface area contributed by atoms with Crippen molar-refractivity contribution in [2.75, 3.05) is 13.1 Å². The number of piperidine rings is 2. The molecule has 37 heavy (non-hydrogen) atoms. The molecule has 3 aromatic rings. The number of hydrogen-bond donors (Lipinski definition) is 1. The van der Waals surface area contributed by atoms with E-state index in [9.17, 15) is 19.2 Å². The summed E-state index contributed by atoms with van der Waals surface area (Å²) in [6.45, 7) is 1.53. The lowest BCUT2D eigenvalue weighted by atomic mass is 9.96. The molecule has 4 amide bonds. The molecule has 2 fully saturated rings. The lowest BCUT2D eigenvalue weighted by molar-refractivity contribution is -0.136. The van der Waals surface area contributed by atoms with Gasteiger partial charge in [-0.3, -0.25) is 24.5 Å². The maximum Gasteiger partial charge on any atom is 0.272 e. The molecule has 5 heterocycles. The number of nitrogens with zero attached hydrogens (tertiary/aromatic N) is 4. The second-order valence-corrected chi connectivity index (χ2v) is 9.68. The number of carbonyl (C=O) groups is 4. The van der Waals surface area contributed by atoms with Gasteiger partial charge in [-0.15, -0.1) is 0 Å². The van der Waals surface area contributed by atoms with Crippen LogP contribution in [0.5, 0.6) is 0 Å². The summed E-state index contributed by atoms with van der Waals surface area (Å²) in [5, 5.41) is 2.33. The summed E-state index contributed by atoms with van der Waals surface area (Å²) in [6, 6.07) is 10.5. The summed E-state index contributed by atoms with van der Waals surface area (Å²) in [7, 11) is 0. The van der Waals surface area contributed by atoms with E-state index in [2.05, 4.69) is 22.1 Å². The zero-order valence-corrected chi connectivity index (χ0v) is 20.1. The van der Waals surface area contributed by atoms with E-state index in [0.29, 0.717) is 37.3 Å². The van der Waals surface area contributed by atoms with Crippen LogP contribution in [0, 0.1) is 17.8 Å². The fourth-order valence-electron chi connectivity index (χ4n) is 5.32. The molecule has 186 valence electrons. The fourth-order valence-corrected chi connectivity index (χ4v) is 5.32. The lowest BCUT2D eigenvalue weighted by Gasteiger charge is -2.29. The Morgan fingerprint density at radius 2 is 1.89 bits per heavy atom. The second-order valence-electron chi connectivity index (χ2n) is 9.68. The van der Waals surface area contributed by atoms with Crippen molar-refractivity contribution in [3.63, 3.8) is 0 Å². The standard InChI is InChI=1S/C28H25N5O4/c34-25-9-8-24(26(35)30-25)33-16-22-19(3-1-5-21(22)27(33)36)7-6-18-10-13-31(14-11-18)28(37)23-15-20-4-2-12-32(20)17-29-23/h1-5,12,15,17-18,24H,8-11,13-14,16H2,(H,30,34,35). The summed E-state index contributed by atoms with van der Waals surface area (Å²) >= 11 is 0. The van der Waals surface area contributed by atoms with E-state index in [-0.39, 0.29) is 30.1 Å². The van der Waals surface area contributed by atoms with Gasteiger partial charge in [-0.1, -0.05) is 17.9 Å². The zero-order valence-electron chi connectivity index (χ0n) is 20.1. The van der Waals surface area contributed by atoms with Gasteiger partial charge in [0.2, 0.25) is 11.8 Å². The molecule has 0 bridgehead atoms. The largest absolute Gasteiger partial charge is 0.337 e. The molecule has 9 heteroatoms. The van der Waals surface area contributed by atoms with Crippen LogP contribution in [0.1, 0.15) is 57.7 Å². The normalized spacial score (nSPS) is 20.0. The van der Waals surface area contributed by atoms with Crippen LogP contribution in [0.15, 0.2) is 48.9 Å². The Morgan fingerprint density at radius 1 is 1.05 bits per heavy atom. The topological polar surface area (TPSA) is 104 Å². The van der Waals surface area contributed by atoms with Gasteiger partial charge in [0.05, 0.1) is 6.33 Å². The van der Waals surface area contributed by atoms with E-state index in [1.807, 2.05) is 45.8 Å². The van der Waals surface area contributed by atoms with Crippen LogP contribution in [0.2, 0.25) is 0 Å². The maximum absolute atomic E-state index is 13.0. The van der Waals surface area contributed by atoms with Crippen LogP contribution in [-0.4, -0.2) is 61.9 Å². The fraction of sp³-hybridized carbons (Fsp3) is 0.321. The van der Waals surface area contributed by atoms with Crippen molar-refractivity contribution < 1.29 is 19.2 Å². The van der Waals surface area contributed by atoms with Gasteiger partial charge in [-0.05, 0) is 55.2 Å². The van der Waals surface area contributed by atoms with Crippen LogP contribution in [0.3, 0.4) is 0 Å². The molecule has 0 spiro atoms. The van der Waals surface area contributed by atoms with Crippen molar-refractivity contribution in [2.45, 2.75) is 38.3 Å². The van der Waals surface area contributed by atoms with Gasteiger partial charge < -0.3 is 14.2 Å². The third-order valence-corrected chi connectivity index (χ3v) is 7.41. The number of imide groups is 1.